The molecule has 10 heteroatoms. The zero-order valence-corrected chi connectivity index (χ0v) is 17.9. The molecule has 0 amide bonds. The number of benzene rings is 2. The lowest BCUT2D eigenvalue weighted by molar-refractivity contribution is -0.141. The number of para-hydroxylation sites is 1. The molecule has 9 nitrogen and oxygen atoms in total. The highest BCUT2D eigenvalue weighted by Crippen LogP contribution is 2.33. The molecule has 0 radical (unpaired) electrons. The van der Waals surface area contributed by atoms with Crippen molar-refractivity contribution in [2.45, 2.75) is 11.8 Å². The smallest absolute Gasteiger partial charge is 0.340 e. The van der Waals surface area contributed by atoms with Crippen LogP contribution < -0.4 is 13.8 Å². The molecule has 30 heavy (non-hydrogen) atoms. The van der Waals surface area contributed by atoms with E-state index in [0.717, 1.165) is 4.31 Å². The molecule has 2 rings (SSSR count). The number of sulfonamides is 1. The Morgan fingerprint density at radius 1 is 0.967 bits per heavy atom. The van der Waals surface area contributed by atoms with Crippen molar-refractivity contribution < 1.29 is 37.0 Å². The monoisotopic (exact) mass is 437 g/mol. The predicted molar refractivity (Wildman–Crippen MR) is 108 cm³/mol. The third kappa shape index (κ3) is 4.82. The van der Waals surface area contributed by atoms with Gasteiger partial charge in [0.05, 0.1) is 44.1 Å². The minimum absolute atomic E-state index is 0.0200. The van der Waals surface area contributed by atoms with Crippen molar-refractivity contribution in [3.8, 4) is 11.5 Å². The predicted octanol–water partition coefficient (Wildman–Crippen LogP) is 2.25. The third-order valence-electron chi connectivity index (χ3n) is 4.10. The molecule has 0 spiro atoms. The fourth-order valence-electron chi connectivity index (χ4n) is 2.70. The lowest BCUT2D eigenvalue weighted by Crippen LogP contribution is -2.37. The Bertz CT molecular complexity index is 1020. The molecule has 0 atom stereocenters. The Morgan fingerprint density at radius 2 is 1.63 bits per heavy atom. The lowest BCUT2D eigenvalue weighted by atomic mass is 10.2. The maximum Gasteiger partial charge on any atom is 0.340 e. The van der Waals surface area contributed by atoms with Gasteiger partial charge in [0.15, 0.2) is 11.5 Å². The van der Waals surface area contributed by atoms with Crippen LogP contribution in [-0.2, 0) is 24.3 Å². The highest BCUT2D eigenvalue weighted by Gasteiger charge is 2.31. The molecule has 0 aromatic heterocycles. The van der Waals surface area contributed by atoms with Gasteiger partial charge in [0.1, 0.15) is 6.54 Å². The van der Waals surface area contributed by atoms with Gasteiger partial charge in [-0.3, -0.25) is 9.10 Å². The lowest BCUT2D eigenvalue weighted by Gasteiger charge is -2.25. The fourth-order valence-corrected chi connectivity index (χ4v) is 4.15. The van der Waals surface area contributed by atoms with Crippen molar-refractivity contribution in [2.75, 3.05) is 38.8 Å². The van der Waals surface area contributed by atoms with Gasteiger partial charge in [-0.15, -0.1) is 0 Å². The van der Waals surface area contributed by atoms with Crippen LogP contribution in [0.5, 0.6) is 11.5 Å². The highest BCUT2D eigenvalue weighted by molar-refractivity contribution is 7.92. The first-order valence-electron chi connectivity index (χ1n) is 8.87. The zero-order chi connectivity index (χ0) is 22.3. The molecule has 2 aromatic carbocycles. The maximum atomic E-state index is 13.5. The van der Waals surface area contributed by atoms with Gasteiger partial charge in [0.25, 0.3) is 10.0 Å². The molecule has 0 N–H and O–H groups in total. The number of hydrogen-bond acceptors (Lipinski definition) is 8. The standard InChI is InChI=1S/C20H23NO8S/c1-5-29-19(22)13-21(16-9-7-6-8-15(16)20(23)28-4)30(24,25)14-10-11-17(26-2)18(12-14)27-3/h6-12H,5,13H2,1-4H3. The fraction of sp³-hybridized carbons (Fsp3) is 0.300. The first-order chi connectivity index (χ1) is 14.3. The molecule has 0 aliphatic rings. The van der Waals surface area contributed by atoms with E-state index in [1.807, 2.05) is 0 Å². The molecule has 0 aliphatic heterocycles. The Balaban J connectivity index is 2.66. The largest absolute Gasteiger partial charge is 0.493 e. The second kappa shape index (κ2) is 9.97. The van der Waals surface area contributed by atoms with E-state index in [1.54, 1.807) is 19.1 Å². The van der Waals surface area contributed by atoms with Crippen LogP contribution in [0.3, 0.4) is 0 Å². The van der Waals surface area contributed by atoms with Crippen LogP contribution in [0.2, 0.25) is 0 Å². The third-order valence-corrected chi connectivity index (χ3v) is 5.85. The summed E-state index contributed by atoms with van der Waals surface area (Å²) in [5, 5.41) is 0. The molecule has 2 aromatic rings. The van der Waals surface area contributed by atoms with Crippen molar-refractivity contribution in [2.24, 2.45) is 0 Å². The topological polar surface area (TPSA) is 108 Å². The number of hydrogen-bond donors (Lipinski definition) is 0. The quantitative estimate of drug-likeness (QED) is 0.550. The van der Waals surface area contributed by atoms with Crippen molar-refractivity contribution in [1.82, 2.24) is 0 Å². The van der Waals surface area contributed by atoms with E-state index in [9.17, 15) is 18.0 Å². The van der Waals surface area contributed by atoms with E-state index in [0.29, 0.717) is 5.75 Å². The summed E-state index contributed by atoms with van der Waals surface area (Å²) >= 11 is 0. The molecule has 162 valence electrons. The summed E-state index contributed by atoms with van der Waals surface area (Å²) in [5.41, 5.74) is -0.0412. The Labute approximate surface area is 175 Å². The van der Waals surface area contributed by atoms with Gasteiger partial charge < -0.3 is 18.9 Å². The number of methoxy groups -OCH3 is 3. The molecule has 0 heterocycles. The molecular formula is C20H23NO8S. The van der Waals surface area contributed by atoms with E-state index >= 15 is 0 Å². The van der Waals surface area contributed by atoms with E-state index in [-0.39, 0.29) is 28.5 Å². The Morgan fingerprint density at radius 3 is 2.23 bits per heavy atom. The second-order valence-corrected chi connectivity index (χ2v) is 7.70. The van der Waals surface area contributed by atoms with Gasteiger partial charge in [-0.25, -0.2) is 13.2 Å². The summed E-state index contributed by atoms with van der Waals surface area (Å²) in [6.45, 7) is 1.04. The normalized spacial score (nSPS) is 10.8. The second-order valence-electron chi connectivity index (χ2n) is 5.84. The van der Waals surface area contributed by atoms with Crippen LogP contribution in [0, 0.1) is 0 Å². The highest BCUT2D eigenvalue weighted by atomic mass is 32.2. The summed E-state index contributed by atoms with van der Waals surface area (Å²) in [7, 11) is -0.327. The van der Waals surface area contributed by atoms with E-state index < -0.39 is 28.5 Å². The first-order valence-corrected chi connectivity index (χ1v) is 10.3. The van der Waals surface area contributed by atoms with E-state index in [1.165, 1.54) is 51.7 Å². The van der Waals surface area contributed by atoms with Crippen molar-refractivity contribution >= 4 is 27.6 Å². The Kier molecular flexibility index (Phi) is 7.65. The molecule has 0 saturated carbocycles. The minimum atomic E-state index is -4.30. The first kappa shape index (κ1) is 23.0. The molecule has 0 saturated heterocycles. The summed E-state index contributed by atoms with van der Waals surface area (Å²) in [4.78, 5) is 24.2. The molecule has 0 unspecified atom stereocenters. The number of carbonyl (C=O) groups is 2. The molecular weight excluding hydrogens is 414 g/mol. The number of esters is 2. The SMILES string of the molecule is CCOC(=O)CN(c1ccccc1C(=O)OC)S(=O)(=O)c1ccc(OC)c(OC)c1. The number of ether oxygens (including phenoxy) is 4. The molecule has 0 aliphatic carbocycles. The maximum absolute atomic E-state index is 13.5. The van der Waals surface area contributed by atoms with Crippen LogP contribution in [0.25, 0.3) is 0 Å². The number of anilines is 1. The number of rotatable bonds is 9. The van der Waals surface area contributed by atoms with Crippen LogP contribution in [0.1, 0.15) is 17.3 Å². The van der Waals surface area contributed by atoms with Gasteiger partial charge in [0, 0.05) is 6.07 Å². The van der Waals surface area contributed by atoms with Gasteiger partial charge in [0.2, 0.25) is 0 Å². The van der Waals surface area contributed by atoms with E-state index in [4.69, 9.17) is 18.9 Å². The van der Waals surface area contributed by atoms with Crippen LogP contribution in [-0.4, -0.2) is 54.8 Å². The van der Waals surface area contributed by atoms with Crippen LogP contribution >= 0.6 is 0 Å². The summed E-state index contributed by atoms with van der Waals surface area (Å²) in [6, 6.07) is 9.93. The zero-order valence-electron chi connectivity index (χ0n) is 17.1. The van der Waals surface area contributed by atoms with Crippen molar-refractivity contribution in [3.63, 3.8) is 0 Å². The number of carbonyl (C=O) groups excluding carboxylic acids is 2. The summed E-state index contributed by atoms with van der Waals surface area (Å²) < 4.78 is 47.8. The van der Waals surface area contributed by atoms with Gasteiger partial charge >= 0.3 is 11.9 Å². The van der Waals surface area contributed by atoms with E-state index in [2.05, 4.69) is 0 Å². The van der Waals surface area contributed by atoms with Gasteiger partial charge in [-0.1, -0.05) is 12.1 Å². The average molecular weight is 437 g/mol. The van der Waals surface area contributed by atoms with Crippen LogP contribution in [0.4, 0.5) is 5.69 Å². The Hall–Kier alpha value is -3.27. The summed E-state index contributed by atoms with van der Waals surface area (Å²) in [6.07, 6.45) is 0. The van der Waals surface area contributed by atoms with Gasteiger partial charge in [-0.05, 0) is 31.2 Å². The minimum Gasteiger partial charge on any atom is -0.493 e. The van der Waals surface area contributed by atoms with Crippen molar-refractivity contribution in [3.05, 3.63) is 48.0 Å². The summed E-state index contributed by atoms with van der Waals surface area (Å²) in [5.74, 6) is -0.998. The molecule has 0 bridgehead atoms. The number of nitrogens with zero attached hydrogens (tertiary/aromatic N) is 1. The van der Waals surface area contributed by atoms with Crippen molar-refractivity contribution in [1.29, 1.82) is 0 Å². The van der Waals surface area contributed by atoms with Crippen LogP contribution in [0.15, 0.2) is 47.4 Å². The molecule has 0 fully saturated rings. The van der Waals surface area contributed by atoms with Gasteiger partial charge in [-0.2, -0.15) is 0 Å². The average Bonchev–Trinajstić information content (AvgIpc) is 2.76.